The Morgan fingerprint density at radius 3 is 2.54 bits per heavy atom. The molecule has 2 amide bonds. The van der Waals surface area contributed by atoms with Gasteiger partial charge in [-0.05, 0) is 56.5 Å². The molecule has 1 fully saturated rings. The zero-order chi connectivity index (χ0) is 20.3. The summed E-state index contributed by atoms with van der Waals surface area (Å²) in [7, 11) is 0. The van der Waals surface area contributed by atoms with Crippen molar-refractivity contribution >= 4 is 28.9 Å². The van der Waals surface area contributed by atoms with Crippen LogP contribution in [-0.2, 0) is 4.79 Å². The Hall–Kier alpha value is -3.55. The quantitative estimate of drug-likeness (QED) is 0.454. The Morgan fingerprint density at radius 2 is 1.89 bits per heavy atom. The molecule has 2 aromatic carbocycles. The predicted molar refractivity (Wildman–Crippen MR) is 105 cm³/mol. The van der Waals surface area contributed by atoms with Gasteiger partial charge in [-0.15, -0.1) is 0 Å². The van der Waals surface area contributed by atoms with Crippen LogP contribution in [0.15, 0.2) is 47.6 Å². The standard InChI is InChI=1S/C20H20N4O4/c1-12-10-16(8-9-18(12)24(27)28)20(26)23-22-13(2)15-4-3-5-17(11-15)21-19(25)14-6-7-14/h3-5,8-11,14H,6-7H2,1-2H3,(H,21,25)(H,23,26). The minimum atomic E-state index is -0.492. The molecule has 1 aliphatic rings. The van der Waals surface area contributed by atoms with Gasteiger partial charge in [0.25, 0.3) is 11.6 Å². The minimum absolute atomic E-state index is 0.0218. The minimum Gasteiger partial charge on any atom is -0.326 e. The molecular weight excluding hydrogens is 360 g/mol. The molecule has 0 unspecified atom stereocenters. The molecule has 0 aromatic heterocycles. The molecule has 144 valence electrons. The third-order valence-corrected chi connectivity index (χ3v) is 4.48. The number of nitro benzene ring substituents is 1. The summed E-state index contributed by atoms with van der Waals surface area (Å²) >= 11 is 0. The zero-order valence-corrected chi connectivity index (χ0v) is 15.6. The fraction of sp³-hybridized carbons (Fsp3) is 0.250. The average Bonchev–Trinajstić information content (AvgIpc) is 3.51. The Morgan fingerprint density at radius 1 is 1.14 bits per heavy atom. The molecule has 1 saturated carbocycles. The first-order valence-corrected chi connectivity index (χ1v) is 8.86. The predicted octanol–water partition coefficient (Wildman–Crippen LogP) is 3.41. The van der Waals surface area contributed by atoms with Gasteiger partial charge in [-0.25, -0.2) is 5.43 Å². The van der Waals surface area contributed by atoms with Gasteiger partial charge in [-0.2, -0.15) is 5.10 Å². The van der Waals surface area contributed by atoms with Crippen LogP contribution in [0.1, 0.15) is 41.3 Å². The lowest BCUT2D eigenvalue weighted by Gasteiger charge is -2.07. The molecule has 1 aliphatic carbocycles. The van der Waals surface area contributed by atoms with Gasteiger partial charge in [0.1, 0.15) is 0 Å². The largest absolute Gasteiger partial charge is 0.326 e. The molecule has 0 atom stereocenters. The summed E-state index contributed by atoms with van der Waals surface area (Å²) in [6.45, 7) is 3.31. The highest BCUT2D eigenvalue weighted by atomic mass is 16.6. The molecule has 8 heteroatoms. The van der Waals surface area contributed by atoms with Gasteiger partial charge in [0.05, 0.1) is 10.6 Å². The van der Waals surface area contributed by atoms with Gasteiger partial charge < -0.3 is 5.32 Å². The van der Waals surface area contributed by atoms with E-state index >= 15 is 0 Å². The van der Waals surface area contributed by atoms with Crippen molar-refractivity contribution in [3.63, 3.8) is 0 Å². The number of nitrogens with one attached hydrogen (secondary N) is 2. The SMILES string of the molecule is CC(=NNC(=O)c1ccc([N+](=O)[O-])c(C)c1)c1cccc(NC(=O)C2CC2)c1. The van der Waals surface area contributed by atoms with Crippen molar-refractivity contribution in [3.8, 4) is 0 Å². The van der Waals surface area contributed by atoms with Crippen LogP contribution in [-0.4, -0.2) is 22.4 Å². The number of hydrazone groups is 1. The summed E-state index contributed by atoms with van der Waals surface area (Å²) in [6, 6.07) is 11.4. The van der Waals surface area contributed by atoms with E-state index in [1.165, 1.54) is 18.2 Å². The number of hydrogen-bond acceptors (Lipinski definition) is 5. The van der Waals surface area contributed by atoms with Crippen molar-refractivity contribution in [2.45, 2.75) is 26.7 Å². The maximum atomic E-state index is 12.3. The van der Waals surface area contributed by atoms with Gasteiger partial charge in [0.15, 0.2) is 0 Å². The molecule has 0 aliphatic heterocycles. The van der Waals surface area contributed by atoms with Crippen LogP contribution in [0.5, 0.6) is 0 Å². The summed E-state index contributed by atoms with van der Waals surface area (Å²) in [5, 5.41) is 17.8. The van der Waals surface area contributed by atoms with Gasteiger partial charge in [0, 0.05) is 28.8 Å². The molecule has 0 saturated heterocycles. The summed E-state index contributed by atoms with van der Waals surface area (Å²) in [4.78, 5) is 34.5. The second-order valence-electron chi connectivity index (χ2n) is 6.74. The molecule has 2 N–H and O–H groups in total. The van der Waals surface area contributed by atoms with Gasteiger partial charge in [-0.1, -0.05) is 12.1 Å². The summed E-state index contributed by atoms with van der Waals surface area (Å²) in [5.74, 6) is -0.327. The van der Waals surface area contributed by atoms with E-state index in [0.29, 0.717) is 17.0 Å². The summed E-state index contributed by atoms with van der Waals surface area (Å²) in [5.41, 5.74) is 5.10. The maximum Gasteiger partial charge on any atom is 0.272 e. The summed E-state index contributed by atoms with van der Waals surface area (Å²) < 4.78 is 0. The molecule has 3 rings (SSSR count). The van der Waals surface area contributed by atoms with Crippen molar-refractivity contribution in [1.29, 1.82) is 0 Å². The van der Waals surface area contributed by atoms with Crippen LogP contribution in [0, 0.1) is 23.0 Å². The van der Waals surface area contributed by atoms with E-state index < -0.39 is 10.8 Å². The number of nitrogens with zero attached hydrogens (tertiary/aromatic N) is 2. The maximum absolute atomic E-state index is 12.3. The van der Waals surface area contributed by atoms with E-state index in [4.69, 9.17) is 0 Å². The number of carbonyl (C=O) groups is 2. The fourth-order valence-electron chi connectivity index (χ4n) is 2.68. The van der Waals surface area contributed by atoms with Crippen molar-refractivity contribution in [1.82, 2.24) is 5.43 Å². The van der Waals surface area contributed by atoms with Crippen molar-refractivity contribution in [2.75, 3.05) is 5.32 Å². The highest BCUT2D eigenvalue weighted by molar-refractivity contribution is 6.02. The van der Waals surface area contributed by atoms with E-state index in [1.54, 1.807) is 32.0 Å². The topological polar surface area (TPSA) is 114 Å². The second kappa shape index (κ2) is 7.99. The number of rotatable bonds is 6. The van der Waals surface area contributed by atoms with E-state index in [9.17, 15) is 19.7 Å². The van der Waals surface area contributed by atoms with Crippen molar-refractivity contribution in [2.24, 2.45) is 11.0 Å². The average molecular weight is 380 g/mol. The lowest BCUT2D eigenvalue weighted by Crippen LogP contribution is -2.19. The number of nitro groups is 1. The van der Waals surface area contributed by atoms with Crippen LogP contribution in [0.3, 0.4) is 0 Å². The van der Waals surface area contributed by atoms with Crippen LogP contribution in [0.25, 0.3) is 0 Å². The van der Waals surface area contributed by atoms with E-state index in [1.807, 2.05) is 6.07 Å². The fourth-order valence-corrected chi connectivity index (χ4v) is 2.68. The lowest BCUT2D eigenvalue weighted by atomic mass is 10.1. The molecule has 0 spiro atoms. The lowest BCUT2D eigenvalue weighted by molar-refractivity contribution is -0.385. The number of anilines is 1. The molecule has 2 aromatic rings. The zero-order valence-electron chi connectivity index (χ0n) is 15.6. The normalized spacial score (nSPS) is 13.7. The first-order chi connectivity index (χ1) is 13.3. The molecular formula is C20H20N4O4. The highest BCUT2D eigenvalue weighted by Gasteiger charge is 2.29. The third kappa shape index (κ3) is 4.59. The number of amides is 2. The highest BCUT2D eigenvalue weighted by Crippen LogP contribution is 2.30. The molecule has 0 bridgehead atoms. The first-order valence-electron chi connectivity index (χ1n) is 8.86. The van der Waals surface area contributed by atoms with Crippen molar-refractivity contribution in [3.05, 3.63) is 69.3 Å². The van der Waals surface area contributed by atoms with E-state index in [0.717, 1.165) is 18.4 Å². The van der Waals surface area contributed by atoms with Crippen LogP contribution in [0.2, 0.25) is 0 Å². The Balaban J connectivity index is 1.68. The Labute approximate surface area is 161 Å². The number of benzene rings is 2. The van der Waals surface area contributed by atoms with E-state index in [-0.39, 0.29) is 23.1 Å². The van der Waals surface area contributed by atoms with Crippen LogP contribution >= 0.6 is 0 Å². The van der Waals surface area contributed by atoms with Gasteiger partial charge in [0.2, 0.25) is 5.91 Å². The van der Waals surface area contributed by atoms with E-state index in [2.05, 4.69) is 15.8 Å². The second-order valence-corrected chi connectivity index (χ2v) is 6.74. The number of carbonyl (C=O) groups excluding carboxylic acids is 2. The Bertz CT molecular complexity index is 980. The van der Waals surface area contributed by atoms with Gasteiger partial charge >= 0.3 is 0 Å². The number of hydrogen-bond donors (Lipinski definition) is 2. The smallest absolute Gasteiger partial charge is 0.272 e. The first kappa shape index (κ1) is 19.2. The Kier molecular flexibility index (Phi) is 5.49. The third-order valence-electron chi connectivity index (χ3n) is 4.48. The van der Waals surface area contributed by atoms with Crippen LogP contribution in [0.4, 0.5) is 11.4 Å². The van der Waals surface area contributed by atoms with Crippen LogP contribution < -0.4 is 10.7 Å². The summed E-state index contributed by atoms with van der Waals surface area (Å²) in [6.07, 6.45) is 1.86. The molecule has 0 radical (unpaired) electrons. The molecule has 28 heavy (non-hydrogen) atoms. The molecule has 8 nitrogen and oxygen atoms in total. The monoisotopic (exact) mass is 380 g/mol. The van der Waals surface area contributed by atoms with Crippen molar-refractivity contribution < 1.29 is 14.5 Å². The number of aryl methyl sites for hydroxylation is 1. The molecule has 0 heterocycles. The van der Waals surface area contributed by atoms with Gasteiger partial charge in [-0.3, -0.25) is 19.7 Å².